The number of phenolic OH excluding ortho intramolecular Hbond substituents is 1. The number of rotatable bonds is 7. The minimum atomic E-state index is -1.16. The number of amides is 4. The van der Waals surface area contributed by atoms with E-state index in [-0.39, 0.29) is 53.9 Å². The van der Waals surface area contributed by atoms with Gasteiger partial charge in [0.05, 0.1) is 12.1 Å². The number of benzene rings is 5. The second kappa shape index (κ2) is 14.9. The van der Waals surface area contributed by atoms with Gasteiger partial charge in [0.15, 0.2) is 5.69 Å². The van der Waals surface area contributed by atoms with E-state index in [1.54, 1.807) is 54.6 Å². The van der Waals surface area contributed by atoms with Gasteiger partial charge in [-0.1, -0.05) is 89.0 Å². The molecule has 0 aliphatic carbocycles. The first kappa shape index (κ1) is 36.1. The molecule has 4 amide bonds. The first-order valence-electron chi connectivity index (χ1n) is 16.7. The number of aryl methyl sites for hydroxylation is 1. The quantitative estimate of drug-likeness (QED) is 0.0938. The largest absolute Gasteiger partial charge is 0.540 e. The van der Waals surface area contributed by atoms with Crippen LogP contribution in [0.3, 0.4) is 0 Å². The number of nitrogens with two attached hydrogens (primary N) is 1. The highest BCUT2D eigenvalue weighted by Crippen LogP contribution is 2.38. The highest BCUT2D eigenvalue weighted by atomic mass is 16.4. The number of carbonyl (C=O) groups is 6. The van der Waals surface area contributed by atoms with Crippen LogP contribution in [0.2, 0.25) is 0 Å². The van der Waals surface area contributed by atoms with Gasteiger partial charge in [0, 0.05) is 22.6 Å². The highest BCUT2D eigenvalue weighted by molar-refractivity contribution is 6.50. The van der Waals surface area contributed by atoms with Gasteiger partial charge in [-0.05, 0) is 54.1 Å². The normalized spacial score (nSPS) is 17.9. The predicted molar refractivity (Wildman–Crippen MR) is 196 cm³/mol. The summed E-state index contributed by atoms with van der Waals surface area (Å²) < 4.78 is -0.699. The third kappa shape index (κ3) is 7.24. The Bertz CT molecular complexity index is 2280. The first-order valence-corrected chi connectivity index (χ1v) is 16.7. The molecule has 0 spiro atoms. The Hall–Kier alpha value is -6.70. The summed E-state index contributed by atoms with van der Waals surface area (Å²) in [7, 11) is 0. The number of quaternary nitrogens is 1. The van der Waals surface area contributed by atoms with Gasteiger partial charge in [-0.3, -0.25) is 28.9 Å². The monoisotopic (exact) mass is 714 g/mol. The topological polar surface area (TPSA) is 196 Å². The van der Waals surface area contributed by atoms with Crippen molar-refractivity contribution < 1.29 is 39.0 Å². The Morgan fingerprint density at radius 1 is 0.830 bits per heavy atom. The number of nitrogens with zero attached hydrogens (tertiary/aromatic N) is 2. The maximum absolute atomic E-state index is 13.0. The summed E-state index contributed by atoms with van der Waals surface area (Å²) >= 11 is 0. The fraction of sp³-hybridized carbons (Fsp3) is 0.150. The Balaban J connectivity index is 0.000000214. The van der Waals surface area contributed by atoms with Crippen molar-refractivity contribution in [2.24, 2.45) is 5.73 Å². The summed E-state index contributed by atoms with van der Waals surface area (Å²) in [6.07, 6.45) is -1.48. The van der Waals surface area contributed by atoms with Gasteiger partial charge >= 0.3 is 6.09 Å². The number of nitrogens with one attached hydrogen (secondary N) is 2. The molecule has 268 valence electrons. The van der Waals surface area contributed by atoms with Crippen LogP contribution >= 0.6 is 0 Å². The molecule has 5 aromatic carbocycles. The predicted octanol–water partition coefficient (Wildman–Crippen LogP) is 4.08. The molecule has 0 aromatic heterocycles. The molecule has 2 saturated heterocycles. The third-order valence-corrected chi connectivity index (χ3v) is 9.26. The van der Waals surface area contributed by atoms with Crippen molar-refractivity contribution in [2.45, 2.75) is 19.5 Å². The number of fused-ring (bicyclic) bond motifs is 2. The number of ketones is 2. The maximum Gasteiger partial charge on any atom is 0.540 e. The molecule has 53 heavy (non-hydrogen) atoms. The molecule has 0 bridgehead atoms. The second-order valence-corrected chi connectivity index (χ2v) is 12.8. The maximum atomic E-state index is 13.0. The number of Topliss-reactive ketones (excluding diaryl/α,β-unsaturated/α-hetero) is 2. The van der Waals surface area contributed by atoms with Crippen molar-refractivity contribution in [1.29, 1.82) is 0 Å². The van der Waals surface area contributed by atoms with Crippen LogP contribution in [0.5, 0.6) is 5.75 Å². The fourth-order valence-corrected chi connectivity index (χ4v) is 6.67. The van der Waals surface area contributed by atoms with Gasteiger partial charge in [0.2, 0.25) is 35.5 Å². The summed E-state index contributed by atoms with van der Waals surface area (Å²) in [6.45, 7) is 1.58. The molecule has 0 radical (unpaired) electrons. The number of carbonyl (C=O) groups excluding carboxylic acids is 5. The number of carboxylic acid groups (broad SMARTS) is 1. The molecule has 2 aliphatic rings. The minimum Gasteiger partial charge on any atom is -0.508 e. The summed E-state index contributed by atoms with van der Waals surface area (Å²) in [5, 5.41) is 24.6. The van der Waals surface area contributed by atoms with Crippen LogP contribution in [-0.2, 0) is 16.0 Å². The molecule has 13 nitrogen and oxygen atoms in total. The third-order valence-electron chi connectivity index (χ3n) is 9.26. The number of phenols is 1. The molecule has 5 aromatic rings. The number of hydrogen-bond acceptors (Lipinski definition) is 8. The van der Waals surface area contributed by atoms with Crippen LogP contribution in [0.1, 0.15) is 47.8 Å². The van der Waals surface area contributed by atoms with Gasteiger partial charge < -0.3 is 21.3 Å². The molecule has 0 saturated carbocycles. The van der Waals surface area contributed by atoms with E-state index in [1.165, 1.54) is 17.0 Å². The Morgan fingerprint density at radius 3 is 2.19 bits per heavy atom. The van der Waals surface area contributed by atoms with Crippen molar-refractivity contribution in [3.8, 4) is 5.75 Å². The first-order chi connectivity index (χ1) is 25.4. The summed E-state index contributed by atoms with van der Waals surface area (Å²) in [5.41, 5.74) is 11.9. The SMILES string of the molecule is Cc1ccc2cc(Cc3ccc(O)cc3)cc([N+]3(C(=O)O)NCC(=O)N4CC(=O)NCC43)c2c1.NC(=O)c1ccccc1C(=O)C(=O)c1ccccc1. The lowest BCUT2D eigenvalue weighted by Crippen LogP contribution is -2.82. The van der Waals surface area contributed by atoms with Crippen LogP contribution in [0, 0.1) is 6.92 Å². The number of hydrogen-bond donors (Lipinski definition) is 5. The molecule has 2 atom stereocenters. The zero-order valence-electron chi connectivity index (χ0n) is 28.6. The van der Waals surface area contributed by atoms with Crippen molar-refractivity contribution in [1.82, 2.24) is 20.2 Å². The van der Waals surface area contributed by atoms with E-state index in [2.05, 4.69) is 10.7 Å². The van der Waals surface area contributed by atoms with E-state index in [0.29, 0.717) is 12.1 Å². The smallest absolute Gasteiger partial charge is 0.508 e. The standard InChI is InChI=1S/C25H24N4O5.C15H11NO3/c1-15-2-5-18-10-17(9-16-3-6-19(30)7-4-16)11-21(20(18)8-15)29(25(33)34)23-12-26-22(31)14-28(23)24(32)13-27-29;16-15(19)12-9-5-4-8-11(12)14(18)13(17)10-6-2-1-3-7-10/h2-8,10-11,23,27H,9,12-14H2,1H3,(H2-,26,30,31,33,34);1-9H,(H2,16,19)/p+1. The van der Waals surface area contributed by atoms with Gasteiger partial charge in [-0.2, -0.15) is 4.79 Å². The van der Waals surface area contributed by atoms with Crippen LogP contribution in [0.4, 0.5) is 10.5 Å². The molecule has 2 fully saturated rings. The molecule has 2 unspecified atom stereocenters. The lowest BCUT2D eigenvalue weighted by molar-refractivity contribution is -0.152. The number of piperazine rings is 1. The van der Waals surface area contributed by atoms with Crippen molar-refractivity contribution in [2.75, 3.05) is 19.6 Å². The van der Waals surface area contributed by atoms with Gasteiger partial charge in [-0.15, -0.1) is 5.43 Å². The van der Waals surface area contributed by atoms with E-state index in [1.807, 2.05) is 49.4 Å². The summed E-state index contributed by atoms with van der Waals surface area (Å²) in [6, 6.07) is 30.8. The van der Waals surface area contributed by atoms with Crippen LogP contribution in [0.25, 0.3) is 10.8 Å². The van der Waals surface area contributed by atoms with E-state index < -0.39 is 34.3 Å². The van der Waals surface area contributed by atoms with Crippen LogP contribution in [0.15, 0.2) is 109 Å². The van der Waals surface area contributed by atoms with E-state index in [0.717, 1.165) is 27.5 Å². The van der Waals surface area contributed by atoms with Crippen LogP contribution < -0.4 is 21.1 Å². The van der Waals surface area contributed by atoms with E-state index in [4.69, 9.17) is 5.73 Å². The van der Waals surface area contributed by atoms with E-state index in [9.17, 15) is 39.0 Å². The zero-order chi connectivity index (χ0) is 37.9. The number of aromatic hydroxyl groups is 1. The van der Waals surface area contributed by atoms with Gasteiger partial charge in [0.25, 0.3) is 0 Å². The average Bonchev–Trinajstić information content (AvgIpc) is 3.16. The lowest BCUT2D eigenvalue weighted by Gasteiger charge is -2.48. The second-order valence-electron chi connectivity index (χ2n) is 12.8. The van der Waals surface area contributed by atoms with Gasteiger partial charge in [-0.25, -0.2) is 0 Å². The Morgan fingerprint density at radius 2 is 1.51 bits per heavy atom. The highest BCUT2D eigenvalue weighted by Gasteiger charge is 2.57. The Labute approximate surface area is 303 Å². The average molecular weight is 715 g/mol. The fourth-order valence-electron chi connectivity index (χ4n) is 6.67. The minimum absolute atomic E-state index is 0.0133. The molecule has 13 heteroatoms. The summed E-state index contributed by atoms with van der Waals surface area (Å²) in [4.78, 5) is 74.4. The molecule has 6 N–H and O–H groups in total. The van der Waals surface area contributed by atoms with Crippen molar-refractivity contribution >= 4 is 51.8 Å². The Kier molecular flexibility index (Phi) is 10.1. The summed E-state index contributed by atoms with van der Waals surface area (Å²) in [5.74, 6) is -2.57. The zero-order valence-corrected chi connectivity index (χ0v) is 28.6. The number of primary amides is 1. The van der Waals surface area contributed by atoms with Gasteiger partial charge in [0.1, 0.15) is 18.8 Å². The van der Waals surface area contributed by atoms with E-state index >= 15 is 0 Å². The van der Waals surface area contributed by atoms with Crippen LogP contribution in [-0.4, -0.2) is 76.3 Å². The van der Waals surface area contributed by atoms with Crippen molar-refractivity contribution in [3.05, 3.63) is 143 Å². The van der Waals surface area contributed by atoms with Crippen molar-refractivity contribution in [3.63, 3.8) is 0 Å². The molecule has 2 aliphatic heterocycles. The molecular weight excluding hydrogens is 678 g/mol. The molecule has 2 heterocycles. The lowest BCUT2D eigenvalue weighted by atomic mass is 9.97. The molecule has 7 rings (SSSR count). The molecular formula is C40H36N5O8+.